The number of carbonyl (C=O) groups excluding carboxylic acids is 1. The number of carbonyl (C=O) groups is 1. The van der Waals surface area contributed by atoms with Gasteiger partial charge in [0.1, 0.15) is 17.5 Å². The average Bonchev–Trinajstić information content (AvgIpc) is 2.82. The predicted molar refractivity (Wildman–Crippen MR) is 134 cm³/mol. The highest BCUT2D eigenvalue weighted by Crippen LogP contribution is 2.27. The number of nitrogens with one attached hydrogen (secondary N) is 3. The first-order chi connectivity index (χ1) is 16.1. The molecule has 3 aromatic carbocycles. The van der Waals surface area contributed by atoms with E-state index in [1.54, 1.807) is 0 Å². The number of nitrogens with zero attached hydrogens (tertiary/aromatic N) is 2. The molecule has 3 N–H and O–H groups in total. The minimum absolute atomic E-state index is 0.0742. The summed E-state index contributed by atoms with van der Waals surface area (Å²) in [5.74, 6) is 1.72. The van der Waals surface area contributed by atoms with Gasteiger partial charge in [-0.1, -0.05) is 60.7 Å². The van der Waals surface area contributed by atoms with Gasteiger partial charge in [0, 0.05) is 24.0 Å². The summed E-state index contributed by atoms with van der Waals surface area (Å²) < 4.78 is 0. The molecule has 0 spiro atoms. The van der Waals surface area contributed by atoms with Crippen molar-refractivity contribution in [2.45, 2.75) is 19.8 Å². The summed E-state index contributed by atoms with van der Waals surface area (Å²) >= 11 is 0. The second kappa shape index (κ2) is 10.4. The minimum atomic E-state index is -0.390. The Bertz CT molecular complexity index is 1150. The van der Waals surface area contributed by atoms with Crippen LogP contribution in [0.2, 0.25) is 0 Å². The summed E-state index contributed by atoms with van der Waals surface area (Å²) in [5, 5.41) is 9.56. The van der Waals surface area contributed by atoms with E-state index in [2.05, 4.69) is 25.9 Å². The fourth-order valence-corrected chi connectivity index (χ4v) is 3.69. The molecule has 0 aliphatic heterocycles. The van der Waals surface area contributed by atoms with Crippen LogP contribution in [0.25, 0.3) is 0 Å². The molecule has 1 amide bonds. The topological polar surface area (TPSA) is 78.9 Å². The van der Waals surface area contributed by atoms with Crippen LogP contribution in [0.4, 0.5) is 23.0 Å². The van der Waals surface area contributed by atoms with Gasteiger partial charge in [0.25, 0.3) is 0 Å². The molecule has 6 heteroatoms. The summed E-state index contributed by atoms with van der Waals surface area (Å²) in [7, 11) is 0. The Morgan fingerprint density at radius 2 is 1.33 bits per heavy atom. The van der Waals surface area contributed by atoms with Gasteiger partial charge in [0.05, 0.1) is 5.92 Å². The maximum absolute atomic E-state index is 13.3. The lowest BCUT2D eigenvalue weighted by Gasteiger charge is -2.18. The summed E-state index contributed by atoms with van der Waals surface area (Å²) in [5.41, 5.74) is 3.51. The molecular formula is C27H27N5O. The molecule has 0 radical (unpaired) electrons. The van der Waals surface area contributed by atoms with E-state index in [-0.39, 0.29) is 5.91 Å². The van der Waals surface area contributed by atoms with E-state index in [0.29, 0.717) is 11.6 Å². The molecule has 0 fully saturated rings. The Balaban J connectivity index is 1.49. The van der Waals surface area contributed by atoms with Crippen LogP contribution in [-0.2, 0) is 4.79 Å². The van der Waals surface area contributed by atoms with Gasteiger partial charge >= 0.3 is 0 Å². The standard InChI is InChI=1S/C27H27N5O/c1-3-28-24-18-25(30-19(2)29-24)31-22-14-16-23(17-15-22)32-27(33)26(20-10-6-4-7-11-20)21-12-8-5-9-13-21/h4-18,26H,3H2,1-2H3,(H,32,33)(H2,28,29,30,31). The lowest BCUT2D eigenvalue weighted by Crippen LogP contribution is -2.22. The van der Waals surface area contributed by atoms with Crippen LogP contribution in [0.15, 0.2) is 91.0 Å². The maximum atomic E-state index is 13.3. The molecule has 166 valence electrons. The summed E-state index contributed by atoms with van der Waals surface area (Å²) in [6.45, 7) is 4.68. The number of amides is 1. The van der Waals surface area contributed by atoms with Crippen LogP contribution < -0.4 is 16.0 Å². The summed E-state index contributed by atoms with van der Waals surface area (Å²) in [6, 6.07) is 29.1. The molecule has 1 heterocycles. The third kappa shape index (κ3) is 5.74. The second-order valence-electron chi connectivity index (χ2n) is 7.66. The van der Waals surface area contributed by atoms with Crippen LogP contribution >= 0.6 is 0 Å². The number of rotatable bonds is 8. The fraction of sp³-hybridized carbons (Fsp3) is 0.148. The highest BCUT2D eigenvalue weighted by atomic mass is 16.1. The molecule has 0 bridgehead atoms. The first-order valence-electron chi connectivity index (χ1n) is 11.0. The van der Waals surface area contributed by atoms with Crippen molar-refractivity contribution in [2.75, 3.05) is 22.5 Å². The van der Waals surface area contributed by atoms with Crippen molar-refractivity contribution in [1.29, 1.82) is 0 Å². The number of hydrogen-bond acceptors (Lipinski definition) is 5. The number of hydrogen-bond donors (Lipinski definition) is 3. The normalized spacial score (nSPS) is 10.6. The van der Waals surface area contributed by atoms with Crippen molar-refractivity contribution in [3.8, 4) is 0 Å². The van der Waals surface area contributed by atoms with Crippen LogP contribution in [0, 0.1) is 6.92 Å². The van der Waals surface area contributed by atoms with E-state index in [4.69, 9.17) is 0 Å². The zero-order valence-electron chi connectivity index (χ0n) is 18.7. The van der Waals surface area contributed by atoms with Crippen LogP contribution in [0.5, 0.6) is 0 Å². The minimum Gasteiger partial charge on any atom is -0.370 e. The van der Waals surface area contributed by atoms with E-state index < -0.39 is 5.92 Å². The van der Waals surface area contributed by atoms with Gasteiger partial charge < -0.3 is 16.0 Å². The van der Waals surface area contributed by atoms with E-state index in [0.717, 1.165) is 34.9 Å². The van der Waals surface area contributed by atoms with Gasteiger partial charge in [0.15, 0.2) is 0 Å². The van der Waals surface area contributed by atoms with Crippen molar-refractivity contribution in [3.05, 3.63) is 108 Å². The van der Waals surface area contributed by atoms with Crippen molar-refractivity contribution in [3.63, 3.8) is 0 Å². The largest absolute Gasteiger partial charge is 0.370 e. The van der Waals surface area contributed by atoms with Crippen molar-refractivity contribution >= 4 is 28.9 Å². The highest BCUT2D eigenvalue weighted by molar-refractivity contribution is 5.98. The SMILES string of the molecule is CCNc1cc(Nc2ccc(NC(=O)C(c3ccccc3)c3ccccc3)cc2)nc(C)n1. The Morgan fingerprint density at radius 1 is 0.788 bits per heavy atom. The molecular weight excluding hydrogens is 410 g/mol. The molecule has 0 atom stereocenters. The van der Waals surface area contributed by atoms with Crippen molar-refractivity contribution in [2.24, 2.45) is 0 Å². The Morgan fingerprint density at radius 3 is 1.91 bits per heavy atom. The summed E-state index contributed by atoms with van der Waals surface area (Å²) in [4.78, 5) is 22.1. The Kier molecular flexibility index (Phi) is 6.95. The van der Waals surface area contributed by atoms with Gasteiger partial charge in [0.2, 0.25) is 5.91 Å². The molecule has 1 aromatic heterocycles. The number of benzene rings is 3. The van der Waals surface area contributed by atoms with E-state index in [1.807, 2.05) is 105 Å². The third-order valence-corrected chi connectivity index (χ3v) is 5.15. The van der Waals surface area contributed by atoms with Gasteiger partial charge in [-0.3, -0.25) is 4.79 Å². The molecule has 0 aliphatic carbocycles. The Hall–Kier alpha value is -4.19. The molecule has 4 rings (SSSR count). The second-order valence-corrected chi connectivity index (χ2v) is 7.66. The average molecular weight is 438 g/mol. The molecule has 4 aromatic rings. The van der Waals surface area contributed by atoms with E-state index in [1.165, 1.54) is 0 Å². The van der Waals surface area contributed by atoms with Crippen LogP contribution in [0.3, 0.4) is 0 Å². The lowest BCUT2D eigenvalue weighted by atomic mass is 9.90. The van der Waals surface area contributed by atoms with Crippen molar-refractivity contribution < 1.29 is 4.79 Å². The monoisotopic (exact) mass is 437 g/mol. The quantitative estimate of drug-likeness (QED) is 0.328. The van der Waals surface area contributed by atoms with Crippen LogP contribution in [0.1, 0.15) is 29.8 Å². The molecule has 33 heavy (non-hydrogen) atoms. The molecule has 0 saturated heterocycles. The van der Waals surface area contributed by atoms with E-state index in [9.17, 15) is 4.79 Å². The zero-order valence-corrected chi connectivity index (χ0v) is 18.7. The smallest absolute Gasteiger partial charge is 0.236 e. The number of aryl methyl sites for hydroxylation is 1. The van der Waals surface area contributed by atoms with Crippen molar-refractivity contribution in [1.82, 2.24) is 9.97 Å². The third-order valence-electron chi connectivity index (χ3n) is 5.15. The molecule has 0 saturated carbocycles. The van der Waals surface area contributed by atoms with Gasteiger partial charge in [-0.2, -0.15) is 0 Å². The van der Waals surface area contributed by atoms with E-state index >= 15 is 0 Å². The molecule has 6 nitrogen and oxygen atoms in total. The summed E-state index contributed by atoms with van der Waals surface area (Å²) in [6.07, 6.45) is 0. The van der Waals surface area contributed by atoms with Gasteiger partial charge in [-0.05, 0) is 49.2 Å². The lowest BCUT2D eigenvalue weighted by molar-refractivity contribution is -0.116. The fourth-order valence-electron chi connectivity index (χ4n) is 3.69. The molecule has 0 unspecified atom stereocenters. The zero-order chi connectivity index (χ0) is 23.0. The number of aromatic nitrogens is 2. The molecule has 0 aliphatic rings. The highest BCUT2D eigenvalue weighted by Gasteiger charge is 2.22. The predicted octanol–water partition coefficient (Wildman–Crippen LogP) is 5.73. The van der Waals surface area contributed by atoms with Crippen LogP contribution in [-0.4, -0.2) is 22.4 Å². The van der Waals surface area contributed by atoms with Gasteiger partial charge in [-0.25, -0.2) is 9.97 Å². The first-order valence-corrected chi connectivity index (χ1v) is 11.0. The Labute approximate surface area is 194 Å². The van der Waals surface area contributed by atoms with Gasteiger partial charge in [-0.15, -0.1) is 0 Å². The number of anilines is 4. The first kappa shape index (κ1) is 22.0. The maximum Gasteiger partial charge on any atom is 0.236 e.